The van der Waals surface area contributed by atoms with Crippen molar-refractivity contribution in [1.29, 1.82) is 0 Å². The van der Waals surface area contributed by atoms with E-state index in [-0.39, 0.29) is 0 Å². The third-order valence-corrected chi connectivity index (χ3v) is 3.58. The van der Waals surface area contributed by atoms with Gasteiger partial charge in [0, 0.05) is 10.0 Å². The second-order valence-corrected chi connectivity index (χ2v) is 5.10. The Morgan fingerprint density at radius 3 is 2.55 bits per heavy atom. The fourth-order valence-corrected chi connectivity index (χ4v) is 2.24. The number of methoxy groups -OCH3 is 2. The van der Waals surface area contributed by atoms with E-state index in [9.17, 15) is 0 Å². The van der Waals surface area contributed by atoms with Crippen molar-refractivity contribution in [3.05, 3.63) is 32.8 Å². The number of hydrogen-bond acceptors (Lipinski definition) is 5. The van der Waals surface area contributed by atoms with Gasteiger partial charge in [-0.2, -0.15) is 14.9 Å². The number of aromatic amines is 1. The van der Waals surface area contributed by atoms with E-state index >= 15 is 0 Å². The lowest BCUT2D eigenvalue weighted by Crippen LogP contribution is -1.96. The van der Waals surface area contributed by atoms with Gasteiger partial charge in [-0.25, -0.2) is 0 Å². The van der Waals surface area contributed by atoms with Gasteiger partial charge in [0.1, 0.15) is 5.82 Å². The van der Waals surface area contributed by atoms with Crippen LogP contribution in [0.4, 0.5) is 0 Å². The molecule has 2 aromatic rings. The number of nitrogens with zero attached hydrogens (tertiary/aromatic N) is 3. The Balaban J connectivity index is 2.41. The first-order valence-corrected chi connectivity index (χ1v) is 6.87. The summed E-state index contributed by atoms with van der Waals surface area (Å²) in [5, 5.41) is 11.0. The highest BCUT2D eigenvalue weighted by atomic mass is 79.9. The normalized spacial score (nSPS) is 11.0. The van der Waals surface area contributed by atoms with Crippen LogP contribution in [0.25, 0.3) is 0 Å². The fourth-order valence-electron chi connectivity index (χ4n) is 1.60. The molecule has 20 heavy (non-hydrogen) atoms. The van der Waals surface area contributed by atoms with E-state index < -0.39 is 0 Å². The molecule has 0 aliphatic rings. The summed E-state index contributed by atoms with van der Waals surface area (Å²) in [6, 6.07) is 3.65. The highest BCUT2D eigenvalue weighted by Gasteiger charge is 2.08. The van der Waals surface area contributed by atoms with Gasteiger partial charge in [-0.05, 0) is 47.2 Å². The Morgan fingerprint density at radius 2 is 2.00 bits per heavy atom. The van der Waals surface area contributed by atoms with E-state index in [4.69, 9.17) is 21.7 Å². The van der Waals surface area contributed by atoms with Crippen molar-refractivity contribution in [2.75, 3.05) is 14.2 Å². The molecule has 1 aromatic carbocycles. The molecule has 8 heteroatoms. The quantitative estimate of drug-likeness (QED) is 0.675. The van der Waals surface area contributed by atoms with Gasteiger partial charge >= 0.3 is 0 Å². The predicted octanol–water partition coefficient (Wildman–Crippen LogP) is 2.91. The van der Waals surface area contributed by atoms with Gasteiger partial charge in [0.2, 0.25) is 4.77 Å². The van der Waals surface area contributed by atoms with Crippen LogP contribution in [0.15, 0.2) is 21.7 Å². The molecule has 0 spiro atoms. The SMILES string of the molecule is COc1cc(Br)c(/C=N\n2c(C)n[nH]c2=S)cc1OC. The molecule has 0 aliphatic heterocycles. The number of aryl methyl sites for hydroxylation is 1. The molecule has 0 fully saturated rings. The molecule has 1 heterocycles. The molecule has 0 bridgehead atoms. The lowest BCUT2D eigenvalue weighted by molar-refractivity contribution is 0.354. The molecule has 0 saturated carbocycles. The second kappa shape index (κ2) is 6.19. The van der Waals surface area contributed by atoms with E-state index in [0.29, 0.717) is 22.1 Å². The van der Waals surface area contributed by atoms with Crippen LogP contribution in [-0.4, -0.2) is 35.3 Å². The number of rotatable bonds is 4. The number of ether oxygens (including phenoxy) is 2. The molecule has 0 aliphatic carbocycles. The van der Waals surface area contributed by atoms with Crippen LogP contribution in [-0.2, 0) is 0 Å². The molecule has 0 radical (unpaired) electrons. The second-order valence-electron chi connectivity index (χ2n) is 3.86. The summed E-state index contributed by atoms with van der Waals surface area (Å²) in [6.45, 7) is 1.81. The Labute approximate surface area is 129 Å². The standard InChI is InChI=1S/C12H13BrN4O2S/c1-7-15-16-12(20)17(7)14-6-8-4-10(18-2)11(19-3)5-9(8)13/h4-6H,1-3H3,(H,16,20)/b14-6-. The highest BCUT2D eigenvalue weighted by molar-refractivity contribution is 9.10. The van der Waals surface area contributed by atoms with Gasteiger partial charge in [-0.3, -0.25) is 5.10 Å². The summed E-state index contributed by atoms with van der Waals surface area (Å²) < 4.78 is 13.3. The van der Waals surface area contributed by atoms with Crippen molar-refractivity contribution in [3.63, 3.8) is 0 Å². The number of nitrogens with one attached hydrogen (secondary N) is 1. The van der Waals surface area contributed by atoms with Crippen molar-refractivity contribution in [1.82, 2.24) is 14.9 Å². The molecule has 0 amide bonds. The van der Waals surface area contributed by atoms with Gasteiger partial charge in [0.25, 0.3) is 0 Å². The van der Waals surface area contributed by atoms with Crippen LogP contribution in [0.3, 0.4) is 0 Å². The van der Waals surface area contributed by atoms with Crippen molar-refractivity contribution < 1.29 is 9.47 Å². The maximum absolute atomic E-state index is 5.26. The minimum Gasteiger partial charge on any atom is -0.493 e. The van der Waals surface area contributed by atoms with Gasteiger partial charge in [-0.1, -0.05) is 0 Å². The van der Waals surface area contributed by atoms with Gasteiger partial charge < -0.3 is 9.47 Å². The van der Waals surface area contributed by atoms with Gasteiger partial charge in [0.15, 0.2) is 11.5 Å². The summed E-state index contributed by atoms with van der Waals surface area (Å²) >= 11 is 8.55. The zero-order valence-corrected chi connectivity index (χ0v) is 13.6. The Morgan fingerprint density at radius 1 is 1.35 bits per heavy atom. The number of benzene rings is 1. The third-order valence-electron chi connectivity index (χ3n) is 2.63. The Kier molecular flexibility index (Phi) is 4.56. The van der Waals surface area contributed by atoms with Crippen molar-refractivity contribution in [2.24, 2.45) is 5.10 Å². The van der Waals surface area contributed by atoms with E-state index in [2.05, 4.69) is 31.2 Å². The summed E-state index contributed by atoms with van der Waals surface area (Å²) in [4.78, 5) is 0. The average Bonchev–Trinajstić information content (AvgIpc) is 2.76. The number of hydrogen-bond donors (Lipinski definition) is 1. The van der Waals surface area contributed by atoms with E-state index in [1.807, 2.05) is 19.1 Å². The van der Waals surface area contributed by atoms with Crippen LogP contribution in [0, 0.1) is 11.7 Å². The maximum atomic E-state index is 5.26. The van der Waals surface area contributed by atoms with Crippen LogP contribution >= 0.6 is 28.1 Å². The summed E-state index contributed by atoms with van der Waals surface area (Å²) in [6.07, 6.45) is 1.67. The fraction of sp³-hybridized carbons (Fsp3) is 0.250. The van der Waals surface area contributed by atoms with Crippen LogP contribution in [0.1, 0.15) is 11.4 Å². The van der Waals surface area contributed by atoms with E-state index in [0.717, 1.165) is 10.0 Å². The van der Waals surface area contributed by atoms with Crippen molar-refractivity contribution in [2.45, 2.75) is 6.92 Å². The largest absolute Gasteiger partial charge is 0.493 e. The summed E-state index contributed by atoms with van der Waals surface area (Å²) in [7, 11) is 3.18. The Hall–Kier alpha value is -1.67. The van der Waals surface area contributed by atoms with Crippen LogP contribution in [0.5, 0.6) is 11.5 Å². The first-order chi connectivity index (χ1) is 9.56. The molecule has 0 unspecified atom stereocenters. The molecule has 0 atom stereocenters. The lowest BCUT2D eigenvalue weighted by Gasteiger charge is -2.09. The molecular formula is C12H13BrN4O2S. The molecule has 1 aromatic heterocycles. The maximum Gasteiger partial charge on any atom is 0.216 e. The predicted molar refractivity (Wildman–Crippen MR) is 82.4 cm³/mol. The van der Waals surface area contributed by atoms with Crippen LogP contribution < -0.4 is 9.47 Å². The van der Waals surface area contributed by atoms with E-state index in [1.165, 1.54) is 0 Å². The highest BCUT2D eigenvalue weighted by Crippen LogP contribution is 2.32. The van der Waals surface area contributed by atoms with Crippen molar-refractivity contribution in [3.8, 4) is 11.5 Å². The first-order valence-electron chi connectivity index (χ1n) is 5.66. The molecule has 0 saturated heterocycles. The summed E-state index contributed by atoms with van der Waals surface area (Å²) in [5.41, 5.74) is 0.838. The summed E-state index contributed by atoms with van der Waals surface area (Å²) in [5.74, 6) is 1.96. The number of halogens is 1. The lowest BCUT2D eigenvalue weighted by atomic mass is 10.2. The smallest absolute Gasteiger partial charge is 0.216 e. The molecule has 6 nitrogen and oxygen atoms in total. The third kappa shape index (κ3) is 2.91. The molecule has 2 rings (SSSR count). The van der Waals surface area contributed by atoms with Crippen LogP contribution in [0.2, 0.25) is 0 Å². The molecular weight excluding hydrogens is 344 g/mol. The van der Waals surface area contributed by atoms with Gasteiger partial charge in [-0.15, -0.1) is 0 Å². The molecule has 106 valence electrons. The monoisotopic (exact) mass is 356 g/mol. The molecule has 1 N–H and O–H groups in total. The number of aromatic nitrogens is 3. The van der Waals surface area contributed by atoms with Crippen molar-refractivity contribution >= 4 is 34.4 Å². The zero-order valence-electron chi connectivity index (χ0n) is 11.2. The van der Waals surface area contributed by atoms with Gasteiger partial charge in [0.05, 0.1) is 20.4 Å². The minimum absolute atomic E-state index is 0.440. The topological polar surface area (TPSA) is 64.4 Å². The average molecular weight is 357 g/mol. The van der Waals surface area contributed by atoms with E-state index in [1.54, 1.807) is 25.1 Å². The minimum atomic E-state index is 0.440. The number of H-pyrrole nitrogens is 1. The first kappa shape index (κ1) is 14.7. The zero-order chi connectivity index (χ0) is 14.7. The Bertz CT molecular complexity index is 708.